The van der Waals surface area contributed by atoms with Gasteiger partial charge in [-0.2, -0.15) is 10.6 Å². The van der Waals surface area contributed by atoms with E-state index in [4.69, 9.17) is 9.94 Å². The molecule has 1 aromatic carbocycles. The van der Waals surface area contributed by atoms with E-state index < -0.39 is 11.9 Å². The van der Waals surface area contributed by atoms with Crippen LogP contribution >= 0.6 is 0 Å². The molecule has 0 bridgehead atoms. The Kier molecular flexibility index (Phi) is 4.66. The summed E-state index contributed by atoms with van der Waals surface area (Å²) in [5.74, 6) is 0.0803. The number of hydrogen-bond donors (Lipinski definition) is 3. The summed E-state index contributed by atoms with van der Waals surface area (Å²) >= 11 is 0. The lowest BCUT2D eigenvalue weighted by Gasteiger charge is -2.09. The third kappa shape index (κ3) is 3.78. The largest absolute Gasteiger partial charge is 0.456 e. The van der Waals surface area contributed by atoms with Crippen LogP contribution in [0.4, 0.5) is 10.5 Å². The van der Waals surface area contributed by atoms with Gasteiger partial charge in [0.25, 0.3) is 0 Å². The molecule has 3 amide bonds. The SMILES string of the molecule is C=C(/C=N/N1CC(=O)NC1=O)OC(=C)c1ccc([NH2+]O)cc1. The Hall–Kier alpha value is -2.97. The fraction of sp³-hybridized carbons (Fsp3) is 0.0714. The quantitative estimate of drug-likeness (QED) is 0.231. The lowest BCUT2D eigenvalue weighted by Crippen LogP contribution is -2.73. The van der Waals surface area contributed by atoms with Crippen LogP contribution in [0, 0.1) is 0 Å². The zero-order chi connectivity index (χ0) is 16.1. The van der Waals surface area contributed by atoms with Crippen molar-refractivity contribution >= 4 is 29.6 Å². The molecule has 1 heterocycles. The monoisotopic (exact) mass is 303 g/mol. The van der Waals surface area contributed by atoms with E-state index in [0.717, 1.165) is 10.5 Å². The maximum absolute atomic E-state index is 11.3. The summed E-state index contributed by atoms with van der Waals surface area (Å²) < 4.78 is 5.38. The molecule has 0 unspecified atom stereocenters. The summed E-state index contributed by atoms with van der Waals surface area (Å²) in [4.78, 5) is 22.3. The Bertz CT molecular complexity index is 651. The molecule has 8 nitrogen and oxygen atoms in total. The molecule has 8 heteroatoms. The van der Waals surface area contributed by atoms with Gasteiger partial charge in [0, 0.05) is 17.7 Å². The summed E-state index contributed by atoms with van der Waals surface area (Å²) in [6, 6.07) is 6.24. The molecule has 4 N–H and O–H groups in total. The summed E-state index contributed by atoms with van der Waals surface area (Å²) in [5, 5.41) is 15.7. The van der Waals surface area contributed by atoms with E-state index >= 15 is 0 Å². The molecule has 0 radical (unpaired) electrons. The number of allylic oxidation sites excluding steroid dienone is 1. The second-order valence-corrected chi connectivity index (χ2v) is 4.40. The molecule has 0 atom stereocenters. The van der Waals surface area contributed by atoms with Gasteiger partial charge >= 0.3 is 6.03 Å². The van der Waals surface area contributed by atoms with E-state index in [0.29, 0.717) is 17.0 Å². The standard InChI is InChI=1S/C14H14N4O4/c1-9(7-15-18-8-13(19)16-14(18)20)22-10(2)11-3-5-12(17-21)6-4-11/h3-7,17,21H,1-2,8H2,(H,16,19,20)/p+1/b15-7+. The first kappa shape index (κ1) is 15.4. The number of nitrogens with zero attached hydrogens (tertiary/aromatic N) is 2. The van der Waals surface area contributed by atoms with E-state index in [1.165, 1.54) is 6.21 Å². The van der Waals surface area contributed by atoms with Gasteiger partial charge in [-0.05, 0) is 12.1 Å². The summed E-state index contributed by atoms with van der Waals surface area (Å²) in [6.45, 7) is 7.26. The highest BCUT2D eigenvalue weighted by molar-refractivity contribution is 6.02. The van der Waals surface area contributed by atoms with Gasteiger partial charge in [-0.25, -0.2) is 15.0 Å². The minimum absolute atomic E-state index is 0.136. The summed E-state index contributed by atoms with van der Waals surface area (Å²) in [5.41, 5.74) is 2.34. The van der Waals surface area contributed by atoms with Gasteiger partial charge in [-0.15, -0.1) is 0 Å². The third-order valence-electron chi connectivity index (χ3n) is 2.75. The van der Waals surface area contributed by atoms with E-state index in [-0.39, 0.29) is 12.3 Å². The van der Waals surface area contributed by atoms with Crippen molar-refractivity contribution in [2.24, 2.45) is 5.10 Å². The van der Waals surface area contributed by atoms with Crippen LogP contribution in [0.25, 0.3) is 5.76 Å². The molecule has 2 rings (SSSR count). The fourth-order valence-corrected chi connectivity index (χ4v) is 1.66. The Balaban J connectivity index is 1.92. The van der Waals surface area contributed by atoms with Gasteiger partial charge in [0.1, 0.15) is 18.1 Å². The van der Waals surface area contributed by atoms with Crippen LogP contribution in [-0.4, -0.2) is 34.9 Å². The average Bonchev–Trinajstić information content (AvgIpc) is 2.83. The number of imide groups is 1. The minimum atomic E-state index is -0.594. The highest BCUT2D eigenvalue weighted by atomic mass is 16.5. The number of urea groups is 1. The predicted octanol–water partition coefficient (Wildman–Crippen LogP) is 0.309. The molecule has 0 aliphatic carbocycles. The van der Waals surface area contributed by atoms with Crippen molar-refractivity contribution in [3.63, 3.8) is 0 Å². The minimum Gasteiger partial charge on any atom is -0.456 e. The predicted molar refractivity (Wildman–Crippen MR) is 77.8 cm³/mol. The van der Waals surface area contributed by atoms with Crippen molar-refractivity contribution in [2.75, 3.05) is 6.54 Å². The first-order valence-corrected chi connectivity index (χ1v) is 6.28. The highest BCUT2D eigenvalue weighted by Gasteiger charge is 2.25. The molecule has 114 valence electrons. The summed E-state index contributed by atoms with van der Waals surface area (Å²) in [7, 11) is 0. The van der Waals surface area contributed by atoms with Crippen molar-refractivity contribution in [3.05, 3.63) is 48.7 Å². The van der Waals surface area contributed by atoms with Gasteiger partial charge in [0.2, 0.25) is 5.91 Å². The van der Waals surface area contributed by atoms with Crippen LogP contribution in [0.2, 0.25) is 0 Å². The molecule has 0 aromatic heterocycles. The summed E-state index contributed by atoms with van der Waals surface area (Å²) in [6.07, 6.45) is 1.22. The second-order valence-electron chi connectivity index (χ2n) is 4.40. The van der Waals surface area contributed by atoms with Gasteiger partial charge in [-0.3, -0.25) is 10.1 Å². The number of amides is 3. The maximum Gasteiger partial charge on any atom is 0.344 e. The topological polar surface area (TPSA) is 108 Å². The number of rotatable bonds is 6. The number of hydrogen-bond acceptors (Lipinski definition) is 5. The van der Waals surface area contributed by atoms with Crippen molar-refractivity contribution in [1.82, 2.24) is 10.3 Å². The van der Waals surface area contributed by atoms with Crippen molar-refractivity contribution < 1.29 is 25.0 Å². The van der Waals surface area contributed by atoms with Gasteiger partial charge in [-0.1, -0.05) is 13.2 Å². The van der Waals surface area contributed by atoms with Crippen LogP contribution in [0.3, 0.4) is 0 Å². The highest BCUT2D eigenvalue weighted by Crippen LogP contribution is 2.17. The smallest absolute Gasteiger partial charge is 0.344 e. The van der Waals surface area contributed by atoms with Gasteiger partial charge in [0.05, 0.1) is 6.21 Å². The molecule has 0 spiro atoms. The van der Waals surface area contributed by atoms with Gasteiger partial charge < -0.3 is 4.74 Å². The van der Waals surface area contributed by atoms with Crippen LogP contribution < -0.4 is 10.8 Å². The zero-order valence-corrected chi connectivity index (χ0v) is 11.7. The van der Waals surface area contributed by atoms with E-state index in [1.807, 2.05) is 0 Å². The normalized spacial score (nSPS) is 14.3. The number of carbonyl (C=O) groups is 2. The van der Waals surface area contributed by atoms with Crippen molar-refractivity contribution in [1.29, 1.82) is 0 Å². The maximum atomic E-state index is 11.3. The first-order chi connectivity index (χ1) is 10.5. The first-order valence-electron chi connectivity index (χ1n) is 6.28. The molecule has 22 heavy (non-hydrogen) atoms. The zero-order valence-electron chi connectivity index (χ0n) is 11.7. The number of carbonyl (C=O) groups excluding carboxylic acids is 2. The Labute approximate surface area is 126 Å². The molecule has 1 saturated heterocycles. The second kappa shape index (κ2) is 6.66. The molecular weight excluding hydrogens is 288 g/mol. The number of nitrogens with two attached hydrogens (primary N) is 1. The van der Waals surface area contributed by atoms with Crippen LogP contribution in [0.1, 0.15) is 5.56 Å². The molecular formula is C14H15N4O4+. The van der Waals surface area contributed by atoms with E-state index in [9.17, 15) is 9.59 Å². The lowest BCUT2D eigenvalue weighted by atomic mass is 10.2. The molecule has 1 aliphatic heterocycles. The average molecular weight is 303 g/mol. The lowest BCUT2D eigenvalue weighted by molar-refractivity contribution is -0.825. The molecule has 1 fully saturated rings. The Morgan fingerprint density at radius 2 is 2.05 bits per heavy atom. The van der Waals surface area contributed by atoms with Crippen molar-refractivity contribution in [3.8, 4) is 0 Å². The third-order valence-corrected chi connectivity index (χ3v) is 2.75. The Morgan fingerprint density at radius 3 is 2.59 bits per heavy atom. The number of quaternary nitrogens is 1. The molecule has 1 aromatic rings. The van der Waals surface area contributed by atoms with E-state index in [2.05, 4.69) is 23.6 Å². The van der Waals surface area contributed by atoms with Crippen LogP contribution in [0.5, 0.6) is 0 Å². The van der Waals surface area contributed by atoms with Gasteiger partial charge in [0.15, 0.2) is 5.69 Å². The number of nitrogens with one attached hydrogen (secondary N) is 1. The van der Waals surface area contributed by atoms with Crippen LogP contribution in [-0.2, 0) is 9.53 Å². The Morgan fingerprint density at radius 1 is 1.36 bits per heavy atom. The number of ether oxygens (including phenoxy) is 1. The molecule has 0 saturated carbocycles. The number of hydrazone groups is 1. The fourth-order valence-electron chi connectivity index (χ4n) is 1.66. The van der Waals surface area contributed by atoms with E-state index in [1.54, 1.807) is 24.3 Å². The van der Waals surface area contributed by atoms with Crippen LogP contribution in [0.15, 0.2) is 48.3 Å². The van der Waals surface area contributed by atoms with Crippen molar-refractivity contribution in [2.45, 2.75) is 0 Å². The molecule has 1 aliphatic rings. The number of benzene rings is 1.